The van der Waals surface area contributed by atoms with E-state index in [1.165, 1.54) is 0 Å². The van der Waals surface area contributed by atoms with Gasteiger partial charge in [0.1, 0.15) is 0 Å². The molecule has 0 radical (unpaired) electrons. The van der Waals surface area contributed by atoms with Crippen LogP contribution in [0.4, 0.5) is 5.95 Å². The number of nitrogens with zero attached hydrogens (tertiary/aromatic N) is 5. The van der Waals surface area contributed by atoms with Crippen LogP contribution in [0.2, 0.25) is 0 Å². The molecule has 0 spiro atoms. The summed E-state index contributed by atoms with van der Waals surface area (Å²) in [6.45, 7) is 2.04. The summed E-state index contributed by atoms with van der Waals surface area (Å²) in [4.78, 5) is 8.97. The third-order valence-electron chi connectivity index (χ3n) is 4.57. The van der Waals surface area contributed by atoms with Gasteiger partial charge in [0.15, 0.2) is 11.2 Å². The van der Waals surface area contributed by atoms with Crippen molar-refractivity contribution in [2.24, 2.45) is 0 Å². The molecule has 2 aromatic heterocycles. The van der Waals surface area contributed by atoms with E-state index in [2.05, 4.69) is 25.6 Å². The van der Waals surface area contributed by atoms with Crippen molar-refractivity contribution in [2.75, 3.05) is 5.32 Å². The summed E-state index contributed by atoms with van der Waals surface area (Å²) in [5.74, 6) is 0.584. The number of rotatable bonds is 3. The SMILES string of the molecule is Cc1ccccc1-n1nnc2cnc(NC3CCC(O)CC3)nc21. The second kappa shape index (κ2) is 6.16. The number of anilines is 1. The summed E-state index contributed by atoms with van der Waals surface area (Å²) in [5, 5.41) is 21.4. The predicted molar refractivity (Wildman–Crippen MR) is 91.1 cm³/mol. The van der Waals surface area contributed by atoms with Crippen LogP contribution in [0, 0.1) is 6.92 Å². The Hall–Kier alpha value is -2.54. The molecule has 2 N–H and O–H groups in total. The minimum atomic E-state index is -0.168. The predicted octanol–water partition coefficient (Wildman–Crippen LogP) is 2.23. The standard InChI is InChI=1S/C17H20N6O/c1-11-4-2-3-5-15(11)23-16-14(21-22-23)10-18-17(20-16)19-12-6-8-13(24)9-7-12/h2-5,10,12-13,24H,6-9H2,1H3,(H,18,19,20). The van der Waals surface area contributed by atoms with Crippen LogP contribution in [0.3, 0.4) is 0 Å². The molecule has 4 rings (SSSR count). The van der Waals surface area contributed by atoms with E-state index in [4.69, 9.17) is 0 Å². The largest absolute Gasteiger partial charge is 0.393 e. The van der Waals surface area contributed by atoms with Gasteiger partial charge < -0.3 is 10.4 Å². The molecule has 0 unspecified atom stereocenters. The summed E-state index contributed by atoms with van der Waals surface area (Å²) in [7, 11) is 0. The van der Waals surface area contributed by atoms with Crippen LogP contribution in [0.1, 0.15) is 31.2 Å². The Bertz CT molecular complexity index is 853. The van der Waals surface area contributed by atoms with Gasteiger partial charge in [0.2, 0.25) is 5.95 Å². The van der Waals surface area contributed by atoms with Gasteiger partial charge in [-0.3, -0.25) is 0 Å². The summed E-state index contributed by atoms with van der Waals surface area (Å²) in [6.07, 6.45) is 5.03. The van der Waals surface area contributed by atoms with E-state index in [0.717, 1.165) is 36.9 Å². The third kappa shape index (κ3) is 2.82. The Morgan fingerprint density at radius 3 is 2.75 bits per heavy atom. The first-order chi connectivity index (χ1) is 11.7. The monoisotopic (exact) mass is 324 g/mol. The lowest BCUT2D eigenvalue weighted by Crippen LogP contribution is -2.28. The number of hydrogen-bond acceptors (Lipinski definition) is 6. The zero-order valence-electron chi connectivity index (χ0n) is 13.6. The Balaban J connectivity index is 1.65. The molecule has 1 aliphatic carbocycles. The zero-order valence-corrected chi connectivity index (χ0v) is 13.6. The number of aromatic nitrogens is 5. The molecule has 3 aromatic rings. The van der Waals surface area contributed by atoms with Gasteiger partial charge in [0.05, 0.1) is 18.0 Å². The van der Waals surface area contributed by atoms with Crippen LogP contribution in [-0.4, -0.2) is 42.2 Å². The smallest absolute Gasteiger partial charge is 0.225 e. The lowest BCUT2D eigenvalue weighted by atomic mass is 9.93. The van der Waals surface area contributed by atoms with E-state index in [9.17, 15) is 5.11 Å². The highest BCUT2D eigenvalue weighted by Crippen LogP contribution is 2.22. The Morgan fingerprint density at radius 1 is 1.17 bits per heavy atom. The number of aliphatic hydroxyl groups is 1. The molecule has 0 amide bonds. The average Bonchev–Trinajstić information content (AvgIpc) is 3.00. The van der Waals surface area contributed by atoms with Gasteiger partial charge in [0.25, 0.3) is 0 Å². The van der Waals surface area contributed by atoms with Crippen LogP contribution < -0.4 is 5.32 Å². The molecule has 1 saturated carbocycles. The number of aryl methyl sites for hydroxylation is 1. The highest BCUT2D eigenvalue weighted by atomic mass is 16.3. The van der Waals surface area contributed by atoms with Crippen molar-refractivity contribution in [1.82, 2.24) is 25.0 Å². The fourth-order valence-corrected chi connectivity index (χ4v) is 3.16. The minimum Gasteiger partial charge on any atom is -0.393 e. The molecule has 0 saturated heterocycles. The fourth-order valence-electron chi connectivity index (χ4n) is 3.16. The molecular weight excluding hydrogens is 304 g/mol. The first-order valence-corrected chi connectivity index (χ1v) is 8.30. The Morgan fingerprint density at radius 2 is 1.96 bits per heavy atom. The van der Waals surface area contributed by atoms with Gasteiger partial charge in [0, 0.05) is 6.04 Å². The summed E-state index contributed by atoms with van der Waals surface area (Å²) >= 11 is 0. The highest BCUT2D eigenvalue weighted by molar-refractivity contribution is 5.72. The summed E-state index contributed by atoms with van der Waals surface area (Å²) < 4.78 is 1.75. The van der Waals surface area contributed by atoms with E-state index in [1.807, 2.05) is 31.2 Å². The van der Waals surface area contributed by atoms with Crippen LogP contribution in [0.25, 0.3) is 16.9 Å². The second-order valence-corrected chi connectivity index (χ2v) is 6.34. The molecule has 2 heterocycles. The molecule has 0 aliphatic heterocycles. The lowest BCUT2D eigenvalue weighted by Gasteiger charge is -2.26. The van der Waals surface area contributed by atoms with Crippen molar-refractivity contribution < 1.29 is 5.11 Å². The van der Waals surface area contributed by atoms with Gasteiger partial charge in [-0.05, 0) is 44.2 Å². The zero-order chi connectivity index (χ0) is 16.5. The normalized spacial score (nSPS) is 21.1. The molecule has 1 aromatic carbocycles. The first-order valence-electron chi connectivity index (χ1n) is 8.30. The van der Waals surface area contributed by atoms with Crippen LogP contribution in [0.5, 0.6) is 0 Å². The molecule has 0 atom stereocenters. The van der Waals surface area contributed by atoms with E-state index >= 15 is 0 Å². The van der Waals surface area contributed by atoms with Crippen LogP contribution in [-0.2, 0) is 0 Å². The van der Waals surface area contributed by atoms with E-state index in [0.29, 0.717) is 23.2 Å². The molecule has 1 aliphatic rings. The Labute approximate surface area is 139 Å². The Kier molecular flexibility index (Phi) is 3.86. The molecule has 24 heavy (non-hydrogen) atoms. The number of benzene rings is 1. The molecule has 124 valence electrons. The number of fused-ring (bicyclic) bond motifs is 1. The summed E-state index contributed by atoms with van der Waals surface area (Å²) in [5.41, 5.74) is 3.43. The number of hydrogen-bond donors (Lipinski definition) is 2. The van der Waals surface area contributed by atoms with Crippen molar-refractivity contribution in [2.45, 2.75) is 44.8 Å². The van der Waals surface area contributed by atoms with E-state index in [1.54, 1.807) is 10.9 Å². The number of nitrogens with one attached hydrogen (secondary N) is 1. The maximum absolute atomic E-state index is 9.62. The van der Waals surface area contributed by atoms with Crippen molar-refractivity contribution in [3.8, 4) is 5.69 Å². The molecule has 1 fully saturated rings. The van der Waals surface area contributed by atoms with Gasteiger partial charge >= 0.3 is 0 Å². The quantitative estimate of drug-likeness (QED) is 0.768. The van der Waals surface area contributed by atoms with Crippen LogP contribution in [0.15, 0.2) is 30.5 Å². The van der Waals surface area contributed by atoms with Gasteiger partial charge in [-0.2, -0.15) is 9.67 Å². The van der Waals surface area contributed by atoms with Crippen molar-refractivity contribution in [3.63, 3.8) is 0 Å². The minimum absolute atomic E-state index is 0.168. The summed E-state index contributed by atoms with van der Waals surface area (Å²) in [6, 6.07) is 8.31. The molecular formula is C17H20N6O. The first kappa shape index (κ1) is 15.0. The van der Waals surface area contributed by atoms with Gasteiger partial charge in [-0.1, -0.05) is 23.4 Å². The molecule has 7 nitrogen and oxygen atoms in total. The topological polar surface area (TPSA) is 88.8 Å². The van der Waals surface area contributed by atoms with Crippen molar-refractivity contribution in [1.29, 1.82) is 0 Å². The van der Waals surface area contributed by atoms with Crippen molar-refractivity contribution in [3.05, 3.63) is 36.0 Å². The van der Waals surface area contributed by atoms with Gasteiger partial charge in [-0.15, -0.1) is 5.10 Å². The van der Waals surface area contributed by atoms with Crippen molar-refractivity contribution >= 4 is 17.1 Å². The highest BCUT2D eigenvalue weighted by Gasteiger charge is 2.20. The third-order valence-corrected chi connectivity index (χ3v) is 4.57. The van der Waals surface area contributed by atoms with Crippen LogP contribution >= 0.6 is 0 Å². The van der Waals surface area contributed by atoms with E-state index < -0.39 is 0 Å². The maximum Gasteiger partial charge on any atom is 0.225 e. The maximum atomic E-state index is 9.62. The number of aliphatic hydroxyl groups excluding tert-OH is 1. The lowest BCUT2D eigenvalue weighted by molar-refractivity contribution is 0.126. The van der Waals surface area contributed by atoms with E-state index in [-0.39, 0.29) is 6.10 Å². The fraction of sp³-hybridized carbons (Fsp3) is 0.412. The average molecular weight is 324 g/mol. The number of para-hydroxylation sites is 1. The van der Waals surface area contributed by atoms with Gasteiger partial charge in [-0.25, -0.2) is 4.98 Å². The molecule has 7 heteroatoms. The second-order valence-electron chi connectivity index (χ2n) is 6.34. The molecule has 0 bridgehead atoms.